The van der Waals surface area contributed by atoms with E-state index in [1.807, 2.05) is 78.1 Å². The molecule has 5 aromatic carbocycles. The Bertz CT molecular complexity index is 2190. The summed E-state index contributed by atoms with van der Waals surface area (Å²) in [5, 5.41) is 4.97. The predicted molar refractivity (Wildman–Crippen MR) is 194 cm³/mol. The van der Waals surface area contributed by atoms with Crippen LogP contribution in [0.15, 0.2) is 145 Å². The standard InChI is InChI=1S/C22H16N2.C20H17NS/c1-4-10-17(11-5-1)20-16-21(18-12-6-2-7-13-18)24-22(23-20)19-14-8-3-9-15-19;1-12-7-8-16-14(11-12)13-5-4-6-15-18(13)21(16)17-9-10-22-19(17)20(15,2)3/h1-16H;4-11H,1-3H3. The van der Waals surface area contributed by atoms with Crippen molar-refractivity contribution in [2.45, 2.75) is 26.2 Å². The molecule has 8 aromatic rings. The lowest BCUT2D eigenvalue weighted by Gasteiger charge is -2.32. The van der Waals surface area contributed by atoms with Crippen molar-refractivity contribution in [3.63, 3.8) is 0 Å². The van der Waals surface area contributed by atoms with Crippen molar-refractivity contribution in [1.29, 1.82) is 0 Å². The van der Waals surface area contributed by atoms with Gasteiger partial charge in [-0.05, 0) is 42.1 Å². The van der Waals surface area contributed by atoms with Gasteiger partial charge in [-0.2, -0.15) is 0 Å². The molecular weight excluding hydrogens is 579 g/mol. The van der Waals surface area contributed by atoms with E-state index in [4.69, 9.17) is 9.97 Å². The fourth-order valence-corrected chi connectivity index (χ4v) is 7.70. The Kier molecular flexibility index (Phi) is 6.88. The van der Waals surface area contributed by atoms with Crippen LogP contribution in [0.5, 0.6) is 0 Å². The first-order valence-corrected chi connectivity index (χ1v) is 16.5. The minimum atomic E-state index is 0.0719. The third kappa shape index (κ3) is 4.74. The molecule has 0 fully saturated rings. The van der Waals surface area contributed by atoms with Crippen LogP contribution in [0.4, 0.5) is 0 Å². The second-order valence-electron chi connectivity index (χ2n) is 12.4. The summed E-state index contributed by atoms with van der Waals surface area (Å²) in [6.45, 7) is 6.87. The molecule has 4 heteroatoms. The van der Waals surface area contributed by atoms with Gasteiger partial charge in [0.2, 0.25) is 0 Å². The number of aromatic nitrogens is 3. The molecule has 0 aliphatic carbocycles. The van der Waals surface area contributed by atoms with Crippen LogP contribution in [0.1, 0.15) is 29.9 Å². The fourth-order valence-electron chi connectivity index (χ4n) is 6.68. The van der Waals surface area contributed by atoms with Crippen molar-refractivity contribution in [3.8, 4) is 39.6 Å². The molecule has 0 spiro atoms. The molecule has 0 radical (unpaired) electrons. The van der Waals surface area contributed by atoms with Gasteiger partial charge in [-0.15, -0.1) is 11.3 Å². The van der Waals surface area contributed by atoms with E-state index in [9.17, 15) is 0 Å². The molecule has 0 saturated carbocycles. The molecule has 0 N–H and O–H groups in total. The van der Waals surface area contributed by atoms with Crippen LogP contribution in [-0.4, -0.2) is 14.5 Å². The van der Waals surface area contributed by atoms with E-state index < -0.39 is 0 Å². The van der Waals surface area contributed by atoms with Gasteiger partial charge in [-0.25, -0.2) is 9.97 Å². The molecule has 9 rings (SSSR count). The van der Waals surface area contributed by atoms with Gasteiger partial charge < -0.3 is 4.57 Å². The number of para-hydroxylation sites is 1. The molecule has 3 nitrogen and oxygen atoms in total. The summed E-state index contributed by atoms with van der Waals surface area (Å²) in [6, 6.07) is 48.5. The Morgan fingerprint density at radius 3 is 1.83 bits per heavy atom. The second-order valence-corrected chi connectivity index (χ2v) is 13.3. The lowest BCUT2D eigenvalue weighted by atomic mass is 9.79. The van der Waals surface area contributed by atoms with Gasteiger partial charge in [0.1, 0.15) is 0 Å². The Morgan fingerprint density at radius 2 is 1.20 bits per heavy atom. The molecule has 4 heterocycles. The van der Waals surface area contributed by atoms with Crippen molar-refractivity contribution in [2.75, 3.05) is 0 Å². The molecule has 1 aliphatic heterocycles. The van der Waals surface area contributed by atoms with Gasteiger partial charge in [0.15, 0.2) is 5.82 Å². The average molecular weight is 612 g/mol. The van der Waals surface area contributed by atoms with Crippen LogP contribution >= 0.6 is 11.3 Å². The summed E-state index contributed by atoms with van der Waals surface area (Å²) >= 11 is 1.87. The molecule has 0 unspecified atom stereocenters. The average Bonchev–Trinajstić information content (AvgIpc) is 3.73. The van der Waals surface area contributed by atoms with Crippen LogP contribution in [0.2, 0.25) is 0 Å². The summed E-state index contributed by atoms with van der Waals surface area (Å²) in [4.78, 5) is 11.0. The fraction of sp³-hybridized carbons (Fsp3) is 0.0952. The van der Waals surface area contributed by atoms with Gasteiger partial charge in [0, 0.05) is 37.8 Å². The van der Waals surface area contributed by atoms with Crippen molar-refractivity contribution in [3.05, 3.63) is 161 Å². The van der Waals surface area contributed by atoms with E-state index in [1.165, 1.54) is 43.5 Å². The Hall–Kier alpha value is -5.32. The minimum absolute atomic E-state index is 0.0719. The number of hydrogen-bond acceptors (Lipinski definition) is 3. The number of benzene rings is 5. The minimum Gasteiger partial charge on any atom is -0.308 e. The quantitative estimate of drug-likeness (QED) is 0.199. The molecule has 0 bridgehead atoms. The van der Waals surface area contributed by atoms with Crippen molar-refractivity contribution < 1.29 is 0 Å². The van der Waals surface area contributed by atoms with Crippen LogP contribution < -0.4 is 0 Å². The molecule has 3 aromatic heterocycles. The zero-order valence-corrected chi connectivity index (χ0v) is 26.9. The summed E-state index contributed by atoms with van der Waals surface area (Å²) in [6.07, 6.45) is 0. The maximum Gasteiger partial charge on any atom is 0.160 e. The van der Waals surface area contributed by atoms with E-state index in [2.05, 4.69) is 104 Å². The monoisotopic (exact) mass is 611 g/mol. The van der Waals surface area contributed by atoms with Crippen molar-refractivity contribution in [1.82, 2.24) is 14.5 Å². The van der Waals surface area contributed by atoms with Crippen LogP contribution in [0.3, 0.4) is 0 Å². The molecule has 0 saturated heterocycles. The van der Waals surface area contributed by atoms with E-state index in [0.29, 0.717) is 0 Å². The van der Waals surface area contributed by atoms with Crippen LogP contribution in [0.25, 0.3) is 61.4 Å². The number of rotatable bonds is 3. The second kappa shape index (κ2) is 11.2. The summed E-state index contributed by atoms with van der Waals surface area (Å²) in [5.41, 5.74) is 12.0. The molecule has 46 heavy (non-hydrogen) atoms. The first-order chi connectivity index (χ1) is 22.5. The lowest BCUT2D eigenvalue weighted by molar-refractivity contribution is 0.646. The van der Waals surface area contributed by atoms with Gasteiger partial charge in [0.25, 0.3) is 0 Å². The van der Waals surface area contributed by atoms with Crippen LogP contribution in [-0.2, 0) is 5.41 Å². The maximum atomic E-state index is 4.79. The Morgan fingerprint density at radius 1 is 0.587 bits per heavy atom. The predicted octanol–water partition coefficient (Wildman–Crippen LogP) is 11.3. The molecular formula is C42H33N3S. The van der Waals surface area contributed by atoms with Gasteiger partial charge >= 0.3 is 0 Å². The Labute approximate surface area is 273 Å². The van der Waals surface area contributed by atoms with Crippen LogP contribution in [0, 0.1) is 6.92 Å². The van der Waals surface area contributed by atoms with E-state index in [1.54, 1.807) is 0 Å². The smallest absolute Gasteiger partial charge is 0.160 e. The number of aryl methyl sites for hydroxylation is 1. The molecule has 1 aliphatic rings. The number of fused-ring (bicyclic) bond motifs is 5. The number of hydrogen-bond donors (Lipinski definition) is 0. The topological polar surface area (TPSA) is 30.7 Å². The third-order valence-corrected chi connectivity index (χ3v) is 10.2. The van der Waals surface area contributed by atoms with E-state index in [0.717, 1.165) is 33.9 Å². The van der Waals surface area contributed by atoms with Crippen molar-refractivity contribution >= 4 is 33.1 Å². The number of thiophene rings is 1. The maximum absolute atomic E-state index is 4.79. The van der Waals surface area contributed by atoms with Gasteiger partial charge in [-0.3, -0.25) is 0 Å². The van der Waals surface area contributed by atoms with E-state index in [-0.39, 0.29) is 5.41 Å². The third-order valence-electron chi connectivity index (χ3n) is 8.97. The normalized spacial score (nSPS) is 12.8. The zero-order valence-electron chi connectivity index (χ0n) is 26.1. The highest BCUT2D eigenvalue weighted by Gasteiger charge is 2.35. The highest BCUT2D eigenvalue weighted by molar-refractivity contribution is 7.10. The molecule has 222 valence electrons. The first-order valence-electron chi connectivity index (χ1n) is 15.7. The highest BCUT2D eigenvalue weighted by Crippen LogP contribution is 2.49. The van der Waals surface area contributed by atoms with E-state index >= 15 is 0 Å². The SMILES string of the molecule is Cc1ccc2c(c1)c1cccc3c1n2-c1ccsc1C3(C)C.c1ccc(-c2cc(-c3ccccc3)nc(-c3ccccc3)n2)cc1. The summed E-state index contributed by atoms with van der Waals surface area (Å²) < 4.78 is 2.47. The van der Waals surface area contributed by atoms with Gasteiger partial charge in [-0.1, -0.05) is 135 Å². The summed E-state index contributed by atoms with van der Waals surface area (Å²) in [7, 11) is 0. The van der Waals surface area contributed by atoms with Gasteiger partial charge in [0.05, 0.1) is 28.1 Å². The number of nitrogens with zero attached hydrogens (tertiary/aromatic N) is 3. The first kappa shape index (κ1) is 28.2. The Balaban J connectivity index is 0.000000136. The summed E-state index contributed by atoms with van der Waals surface area (Å²) in [5.74, 6) is 0.746. The highest BCUT2D eigenvalue weighted by atomic mass is 32.1. The zero-order chi connectivity index (χ0) is 31.3. The largest absolute Gasteiger partial charge is 0.308 e. The lowest BCUT2D eigenvalue weighted by Crippen LogP contribution is -2.24. The molecule has 0 atom stereocenters. The molecule has 0 amide bonds. The van der Waals surface area contributed by atoms with Crippen molar-refractivity contribution in [2.24, 2.45) is 0 Å².